The van der Waals surface area contributed by atoms with Gasteiger partial charge in [-0.2, -0.15) is 0 Å². The summed E-state index contributed by atoms with van der Waals surface area (Å²) in [7, 11) is 0. The van der Waals surface area contributed by atoms with Crippen LogP contribution in [-0.4, -0.2) is 12.0 Å². The normalized spacial score (nSPS) is 13.8. The molecular formula is C9H11NS. The molecule has 1 aliphatic rings. The molecule has 1 aromatic carbocycles. The van der Waals surface area contributed by atoms with E-state index in [0.29, 0.717) is 0 Å². The first kappa shape index (κ1) is 8.34. The summed E-state index contributed by atoms with van der Waals surface area (Å²) in [6.07, 6.45) is 3.12. The summed E-state index contributed by atoms with van der Waals surface area (Å²) in [6.45, 7) is 0. The average Bonchev–Trinajstić information content (AvgIpc) is 2.64. The molecule has 0 radical (unpaired) electrons. The fourth-order valence-electron chi connectivity index (χ4n) is 0.648. The summed E-state index contributed by atoms with van der Waals surface area (Å²) in [4.78, 5) is 0. The zero-order chi connectivity index (χ0) is 7.78. The molecule has 0 N–H and O–H groups in total. The lowest BCUT2D eigenvalue weighted by Gasteiger charge is -1.69. The van der Waals surface area contributed by atoms with Crippen LogP contribution in [0.25, 0.3) is 0 Å². The van der Waals surface area contributed by atoms with Crippen molar-refractivity contribution < 1.29 is 0 Å². The second kappa shape index (κ2) is 5.98. The molecule has 0 saturated carbocycles. The summed E-state index contributed by atoms with van der Waals surface area (Å²) < 4.78 is 3.88. The Bertz CT molecular complexity index is 163. The van der Waals surface area contributed by atoms with Crippen LogP contribution in [0.5, 0.6) is 0 Å². The van der Waals surface area contributed by atoms with Gasteiger partial charge in [-0.05, 0) is 18.4 Å². The van der Waals surface area contributed by atoms with Gasteiger partial charge < -0.3 is 0 Å². The van der Waals surface area contributed by atoms with Crippen molar-refractivity contribution in [2.45, 2.75) is 6.42 Å². The van der Waals surface area contributed by atoms with Crippen molar-refractivity contribution in [3.8, 4) is 0 Å². The Hall–Kier alpha value is -0.760. The standard InChI is InChI=1S/C6H6.C3H5NS/c1-2-4-6-5-3-1;1-2-4-5-3-1/h1-6H;2H,1,3H2. The predicted molar refractivity (Wildman–Crippen MR) is 52.0 cm³/mol. The third-order valence-corrected chi connectivity index (χ3v) is 1.87. The molecule has 0 amide bonds. The Morgan fingerprint density at radius 3 is 1.64 bits per heavy atom. The van der Waals surface area contributed by atoms with Crippen LogP contribution in [0.15, 0.2) is 40.8 Å². The minimum atomic E-state index is 1.17. The summed E-state index contributed by atoms with van der Waals surface area (Å²) in [5.41, 5.74) is 0. The molecule has 0 saturated heterocycles. The van der Waals surface area contributed by atoms with Crippen molar-refractivity contribution in [3.05, 3.63) is 36.4 Å². The maximum absolute atomic E-state index is 3.88. The number of hydrogen-bond donors (Lipinski definition) is 0. The van der Waals surface area contributed by atoms with E-state index < -0.39 is 0 Å². The fraction of sp³-hybridized carbons (Fsp3) is 0.222. The van der Waals surface area contributed by atoms with Gasteiger partial charge in [0.25, 0.3) is 0 Å². The Morgan fingerprint density at radius 1 is 0.909 bits per heavy atom. The van der Waals surface area contributed by atoms with Gasteiger partial charge in [-0.15, -0.1) is 0 Å². The first-order valence-electron chi connectivity index (χ1n) is 3.64. The van der Waals surface area contributed by atoms with Gasteiger partial charge in [0.05, 0.1) is 0 Å². The monoisotopic (exact) mass is 165 g/mol. The Balaban J connectivity index is 0.000000112. The van der Waals surface area contributed by atoms with Gasteiger partial charge in [-0.1, -0.05) is 36.4 Å². The zero-order valence-electron chi connectivity index (χ0n) is 6.31. The van der Waals surface area contributed by atoms with Crippen LogP contribution in [0.1, 0.15) is 6.42 Å². The topological polar surface area (TPSA) is 12.4 Å². The highest BCUT2D eigenvalue weighted by Gasteiger charge is 1.87. The van der Waals surface area contributed by atoms with E-state index in [4.69, 9.17) is 0 Å². The highest BCUT2D eigenvalue weighted by molar-refractivity contribution is 7.98. The van der Waals surface area contributed by atoms with Crippen molar-refractivity contribution in [2.75, 3.05) is 5.75 Å². The Morgan fingerprint density at radius 2 is 1.45 bits per heavy atom. The van der Waals surface area contributed by atoms with E-state index >= 15 is 0 Å². The van der Waals surface area contributed by atoms with Crippen LogP contribution < -0.4 is 0 Å². The molecule has 1 heterocycles. The highest BCUT2D eigenvalue weighted by Crippen LogP contribution is 2.07. The largest absolute Gasteiger partial charge is 0.229 e. The molecule has 0 aromatic heterocycles. The SMILES string of the molecule is C1=NSCC1.c1ccccc1. The van der Waals surface area contributed by atoms with E-state index in [0.717, 1.165) is 0 Å². The molecule has 2 rings (SSSR count). The number of benzene rings is 1. The van der Waals surface area contributed by atoms with Crippen molar-refractivity contribution in [1.29, 1.82) is 0 Å². The van der Waals surface area contributed by atoms with Gasteiger partial charge in [0.15, 0.2) is 0 Å². The molecule has 11 heavy (non-hydrogen) atoms. The molecule has 0 spiro atoms. The number of hydrogen-bond acceptors (Lipinski definition) is 2. The quantitative estimate of drug-likeness (QED) is 0.538. The van der Waals surface area contributed by atoms with E-state index in [-0.39, 0.29) is 0 Å². The highest BCUT2D eigenvalue weighted by atomic mass is 32.2. The minimum Gasteiger partial charge on any atom is -0.229 e. The summed E-state index contributed by atoms with van der Waals surface area (Å²) in [6, 6.07) is 12.0. The molecule has 0 fully saturated rings. The predicted octanol–water partition coefficient (Wildman–Crippen LogP) is 2.80. The number of nitrogens with zero attached hydrogens (tertiary/aromatic N) is 1. The van der Waals surface area contributed by atoms with Crippen LogP contribution in [-0.2, 0) is 0 Å². The Labute approximate surface area is 71.7 Å². The van der Waals surface area contributed by atoms with Crippen LogP contribution in [0, 0.1) is 0 Å². The van der Waals surface area contributed by atoms with E-state index in [1.54, 1.807) is 11.9 Å². The zero-order valence-corrected chi connectivity index (χ0v) is 7.13. The van der Waals surface area contributed by atoms with Crippen molar-refractivity contribution in [3.63, 3.8) is 0 Å². The third-order valence-electron chi connectivity index (χ3n) is 1.15. The first-order valence-corrected chi connectivity index (χ1v) is 4.58. The van der Waals surface area contributed by atoms with Gasteiger partial charge in [0.1, 0.15) is 0 Å². The van der Waals surface area contributed by atoms with Gasteiger partial charge in [0, 0.05) is 12.0 Å². The summed E-state index contributed by atoms with van der Waals surface area (Å²) >= 11 is 1.64. The molecule has 1 aromatic rings. The second-order valence-corrected chi connectivity index (χ2v) is 2.94. The van der Waals surface area contributed by atoms with Crippen LogP contribution >= 0.6 is 11.9 Å². The lowest BCUT2D eigenvalue weighted by atomic mass is 10.4. The second-order valence-electron chi connectivity index (χ2n) is 2.06. The minimum absolute atomic E-state index is 1.17. The van der Waals surface area contributed by atoms with E-state index in [1.807, 2.05) is 42.6 Å². The van der Waals surface area contributed by atoms with Crippen LogP contribution in [0.2, 0.25) is 0 Å². The molecule has 1 aliphatic heterocycles. The van der Waals surface area contributed by atoms with Crippen molar-refractivity contribution >= 4 is 18.2 Å². The van der Waals surface area contributed by atoms with Crippen LogP contribution in [0.3, 0.4) is 0 Å². The van der Waals surface area contributed by atoms with Crippen molar-refractivity contribution in [2.24, 2.45) is 4.40 Å². The van der Waals surface area contributed by atoms with Gasteiger partial charge in [-0.25, -0.2) is 4.40 Å². The maximum Gasteiger partial charge on any atom is 0.0202 e. The van der Waals surface area contributed by atoms with Crippen molar-refractivity contribution in [1.82, 2.24) is 0 Å². The van der Waals surface area contributed by atoms with Crippen LogP contribution in [0.4, 0.5) is 0 Å². The van der Waals surface area contributed by atoms with Gasteiger partial charge in [-0.3, -0.25) is 0 Å². The fourth-order valence-corrected chi connectivity index (χ4v) is 1.18. The molecule has 0 atom stereocenters. The molecule has 0 unspecified atom stereocenters. The lowest BCUT2D eigenvalue weighted by molar-refractivity contribution is 1.39. The lowest BCUT2D eigenvalue weighted by Crippen LogP contribution is -1.62. The third kappa shape index (κ3) is 4.62. The van der Waals surface area contributed by atoms with Gasteiger partial charge >= 0.3 is 0 Å². The van der Waals surface area contributed by atoms with E-state index in [9.17, 15) is 0 Å². The summed E-state index contributed by atoms with van der Waals surface area (Å²) in [5, 5.41) is 0. The molecule has 2 heteroatoms. The molecule has 1 nitrogen and oxygen atoms in total. The van der Waals surface area contributed by atoms with E-state index in [2.05, 4.69) is 4.40 Å². The molecule has 0 bridgehead atoms. The molecule has 58 valence electrons. The Kier molecular flexibility index (Phi) is 4.54. The maximum atomic E-state index is 3.88. The number of rotatable bonds is 0. The average molecular weight is 165 g/mol. The summed E-state index contributed by atoms with van der Waals surface area (Å²) in [5.74, 6) is 1.19. The smallest absolute Gasteiger partial charge is 0.0202 e. The van der Waals surface area contributed by atoms with Gasteiger partial charge in [0.2, 0.25) is 0 Å². The van der Waals surface area contributed by atoms with E-state index in [1.165, 1.54) is 12.2 Å². The molecule has 0 aliphatic carbocycles. The molecular weight excluding hydrogens is 154 g/mol. The first-order chi connectivity index (χ1) is 5.50.